The summed E-state index contributed by atoms with van der Waals surface area (Å²) < 4.78 is 0. The van der Waals surface area contributed by atoms with Gasteiger partial charge in [-0.2, -0.15) is 0 Å². The summed E-state index contributed by atoms with van der Waals surface area (Å²) in [6.45, 7) is 13.2. The topological polar surface area (TPSA) is 26.0 Å². The van der Waals surface area contributed by atoms with E-state index < -0.39 is 0 Å². The molecule has 0 radical (unpaired) electrons. The van der Waals surface area contributed by atoms with Crippen molar-refractivity contribution in [3.05, 3.63) is 34.4 Å². The molecule has 1 heteroatoms. The summed E-state index contributed by atoms with van der Waals surface area (Å²) >= 11 is 0. The predicted octanol–water partition coefficient (Wildman–Crippen LogP) is 3.92. The van der Waals surface area contributed by atoms with Crippen LogP contribution in [0.15, 0.2) is 12.1 Å². The van der Waals surface area contributed by atoms with Crippen molar-refractivity contribution in [2.75, 3.05) is 0 Å². The predicted molar refractivity (Wildman–Crippen MR) is 76.4 cm³/mol. The number of hydrogen-bond acceptors (Lipinski definition) is 1. The van der Waals surface area contributed by atoms with Crippen LogP contribution in [0.5, 0.6) is 0 Å². The molecule has 1 rings (SSSR count). The number of nitrogens with two attached hydrogens (primary N) is 1. The second-order valence-corrected chi connectivity index (χ2v) is 5.87. The highest BCUT2D eigenvalue weighted by molar-refractivity contribution is 5.38. The normalized spacial score (nSPS) is 16.6. The van der Waals surface area contributed by atoms with Gasteiger partial charge in [0.15, 0.2) is 0 Å². The summed E-state index contributed by atoms with van der Waals surface area (Å²) in [7, 11) is 0. The van der Waals surface area contributed by atoms with Gasteiger partial charge in [-0.05, 0) is 56.7 Å². The lowest BCUT2D eigenvalue weighted by Gasteiger charge is -2.32. The molecule has 0 aliphatic rings. The molecule has 0 aromatic heterocycles. The monoisotopic (exact) mass is 233 g/mol. The van der Waals surface area contributed by atoms with Crippen LogP contribution in [0.4, 0.5) is 0 Å². The Morgan fingerprint density at radius 2 is 1.65 bits per heavy atom. The van der Waals surface area contributed by atoms with Crippen molar-refractivity contribution in [3.63, 3.8) is 0 Å². The van der Waals surface area contributed by atoms with E-state index in [0.717, 1.165) is 12.8 Å². The molecule has 2 N–H and O–H groups in total. The largest absolute Gasteiger partial charge is 0.325 e. The van der Waals surface area contributed by atoms with Crippen LogP contribution < -0.4 is 5.73 Å². The first kappa shape index (κ1) is 14.2. The van der Waals surface area contributed by atoms with E-state index in [2.05, 4.69) is 53.7 Å². The molecular formula is C16H27N. The lowest BCUT2D eigenvalue weighted by Crippen LogP contribution is -2.45. The molecule has 2 atom stereocenters. The standard InChI is InChI=1S/C16H27N/c1-7-14(5)16(6,17)10-15-12(3)8-11(2)9-13(15)4/h8-9,14H,7,10,17H2,1-6H3. The summed E-state index contributed by atoms with van der Waals surface area (Å²) in [4.78, 5) is 0. The highest BCUT2D eigenvalue weighted by Gasteiger charge is 2.26. The highest BCUT2D eigenvalue weighted by atomic mass is 14.7. The molecule has 0 aliphatic carbocycles. The second-order valence-electron chi connectivity index (χ2n) is 5.87. The Bertz CT molecular complexity index is 368. The Kier molecular flexibility index (Phi) is 4.37. The molecular weight excluding hydrogens is 206 g/mol. The van der Waals surface area contributed by atoms with Crippen LogP contribution in [0.25, 0.3) is 0 Å². The van der Waals surface area contributed by atoms with Crippen LogP contribution in [0, 0.1) is 26.7 Å². The minimum atomic E-state index is -0.112. The average molecular weight is 233 g/mol. The first-order valence-corrected chi connectivity index (χ1v) is 6.63. The minimum absolute atomic E-state index is 0.112. The van der Waals surface area contributed by atoms with Gasteiger partial charge in [-0.25, -0.2) is 0 Å². The lowest BCUT2D eigenvalue weighted by molar-refractivity contribution is 0.305. The highest BCUT2D eigenvalue weighted by Crippen LogP contribution is 2.26. The van der Waals surface area contributed by atoms with Gasteiger partial charge in [0.05, 0.1) is 0 Å². The van der Waals surface area contributed by atoms with Gasteiger partial charge < -0.3 is 5.73 Å². The molecule has 17 heavy (non-hydrogen) atoms. The zero-order valence-corrected chi connectivity index (χ0v) is 12.2. The molecule has 0 saturated heterocycles. The zero-order valence-electron chi connectivity index (χ0n) is 12.2. The fourth-order valence-electron chi connectivity index (χ4n) is 2.51. The lowest BCUT2D eigenvalue weighted by atomic mass is 9.79. The van der Waals surface area contributed by atoms with Crippen molar-refractivity contribution in [3.8, 4) is 0 Å². The Morgan fingerprint density at radius 1 is 1.18 bits per heavy atom. The van der Waals surface area contributed by atoms with E-state index >= 15 is 0 Å². The Labute approximate surface area is 106 Å². The minimum Gasteiger partial charge on any atom is -0.325 e. The molecule has 1 aromatic carbocycles. The number of hydrogen-bond donors (Lipinski definition) is 1. The third-order valence-corrected chi connectivity index (χ3v) is 4.14. The van der Waals surface area contributed by atoms with Crippen molar-refractivity contribution in [2.24, 2.45) is 11.7 Å². The molecule has 0 fully saturated rings. The quantitative estimate of drug-likeness (QED) is 0.838. The van der Waals surface area contributed by atoms with E-state index in [1.54, 1.807) is 0 Å². The van der Waals surface area contributed by atoms with Crippen molar-refractivity contribution < 1.29 is 0 Å². The maximum Gasteiger partial charge on any atom is 0.0192 e. The molecule has 0 bridgehead atoms. The van der Waals surface area contributed by atoms with E-state index in [-0.39, 0.29) is 5.54 Å². The molecule has 0 amide bonds. The fraction of sp³-hybridized carbons (Fsp3) is 0.625. The van der Waals surface area contributed by atoms with Crippen LogP contribution in [-0.2, 0) is 6.42 Å². The zero-order chi connectivity index (χ0) is 13.2. The van der Waals surface area contributed by atoms with Crippen LogP contribution >= 0.6 is 0 Å². The van der Waals surface area contributed by atoms with Gasteiger partial charge in [0.1, 0.15) is 0 Å². The smallest absolute Gasteiger partial charge is 0.0192 e. The molecule has 0 saturated carbocycles. The van der Waals surface area contributed by atoms with E-state index in [0.29, 0.717) is 5.92 Å². The number of rotatable bonds is 4. The van der Waals surface area contributed by atoms with Gasteiger partial charge in [-0.1, -0.05) is 38.0 Å². The number of benzene rings is 1. The van der Waals surface area contributed by atoms with Crippen LogP contribution in [0.2, 0.25) is 0 Å². The third-order valence-electron chi connectivity index (χ3n) is 4.14. The van der Waals surface area contributed by atoms with Gasteiger partial charge in [0, 0.05) is 5.54 Å². The molecule has 0 heterocycles. The van der Waals surface area contributed by atoms with Gasteiger partial charge >= 0.3 is 0 Å². The molecule has 0 spiro atoms. The summed E-state index contributed by atoms with van der Waals surface area (Å²) in [5.41, 5.74) is 11.9. The van der Waals surface area contributed by atoms with Crippen molar-refractivity contribution in [1.82, 2.24) is 0 Å². The summed E-state index contributed by atoms with van der Waals surface area (Å²) in [6, 6.07) is 4.52. The molecule has 1 aromatic rings. The van der Waals surface area contributed by atoms with Crippen LogP contribution in [0.3, 0.4) is 0 Å². The first-order chi connectivity index (χ1) is 7.77. The molecule has 0 aliphatic heterocycles. The van der Waals surface area contributed by atoms with Crippen LogP contribution in [0.1, 0.15) is 49.4 Å². The van der Waals surface area contributed by atoms with Crippen molar-refractivity contribution >= 4 is 0 Å². The Morgan fingerprint density at radius 3 is 2.06 bits per heavy atom. The third kappa shape index (κ3) is 3.32. The van der Waals surface area contributed by atoms with E-state index in [9.17, 15) is 0 Å². The van der Waals surface area contributed by atoms with Crippen LogP contribution in [-0.4, -0.2) is 5.54 Å². The SMILES string of the molecule is CCC(C)C(C)(N)Cc1c(C)cc(C)cc1C. The molecule has 2 unspecified atom stereocenters. The van der Waals surface area contributed by atoms with Gasteiger partial charge in [-0.15, -0.1) is 0 Å². The maximum absolute atomic E-state index is 6.48. The summed E-state index contributed by atoms with van der Waals surface area (Å²) in [5, 5.41) is 0. The van der Waals surface area contributed by atoms with Gasteiger partial charge in [0.25, 0.3) is 0 Å². The van der Waals surface area contributed by atoms with Crippen molar-refractivity contribution in [2.45, 2.75) is 59.9 Å². The molecule has 96 valence electrons. The van der Waals surface area contributed by atoms with Gasteiger partial charge in [0.2, 0.25) is 0 Å². The Hall–Kier alpha value is -0.820. The van der Waals surface area contributed by atoms with Crippen molar-refractivity contribution in [1.29, 1.82) is 0 Å². The summed E-state index contributed by atoms with van der Waals surface area (Å²) in [6.07, 6.45) is 2.11. The van der Waals surface area contributed by atoms with Gasteiger partial charge in [-0.3, -0.25) is 0 Å². The molecule has 1 nitrogen and oxygen atoms in total. The van der Waals surface area contributed by atoms with E-state index in [1.807, 2.05) is 0 Å². The average Bonchev–Trinajstić information content (AvgIpc) is 2.22. The second kappa shape index (κ2) is 5.22. The summed E-state index contributed by atoms with van der Waals surface area (Å²) in [5.74, 6) is 0.544. The maximum atomic E-state index is 6.48. The van der Waals surface area contributed by atoms with E-state index in [4.69, 9.17) is 5.73 Å². The fourth-order valence-corrected chi connectivity index (χ4v) is 2.51. The Balaban J connectivity index is 3.03. The number of aryl methyl sites for hydroxylation is 3. The first-order valence-electron chi connectivity index (χ1n) is 6.63. The van der Waals surface area contributed by atoms with E-state index in [1.165, 1.54) is 22.3 Å².